The molecule has 5 rings (SSSR count). The molecule has 2 aliphatic heterocycles. The Balaban J connectivity index is 1.40. The van der Waals surface area contributed by atoms with Crippen LogP contribution in [0.2, 0.25) is 0 Å². The van der Waals surface area contributed by atoms with Crippen LogP contribution >= 0.6 is 11.8 Å². The molecule has 1 unspecified atom stereocenters. The molecule has 1 aromatic carbocycles. The van der Waals surface area contributed by atoms with Crippen molar-refractivity contribution in [2.45, 2.75) is 38.7 Å². The molecular formula is C27H36N6OS. The van der Waals surface area contributed by atoms with Crippen molar-refractivity contribution < 1.29 is 4.74 Å². The van der Waals surface area contributed by atoms with Gasteiger partial charge < -0.3 is 19.9 Å². The van der Waals surface area contributed by atoms with E-state index < -0.39 is 0 Å². The number of nitrogens with one attached hydrogen (secondary N) is 1. The highest BCUT2D eigenvalue weighted by atomic mass is 32.2. The van der Waals surface area contributed by atoms with Crippen LogP contribution < -0.4 is 15.1 Å². The van der Waals surface area contributed by atoms with E-state index in [0.717, 1.165) is 62.5 Å². The molecule has 35 heavy (non-hydrogen) atoms. The summed E-state index contributed by atoms with van der Waals surface area (Å²) in [5.41, 5.74) is 2.64. The quantitative estimate of drug-likeness (QED) is 0.454. The average molecular weight is 493 g/mol. The number of ether oxygens (including phenoxy) is 1. The predicted molar refractivity (Wildman–Crippen MR) is 147 cm³/mol. The highest BCUT2D eigenvalue weighted by molar-refractivity contribution is 7.98. The van der Waals surface area contributed by atoms with Crippen LogP contribution in [0.15, 0.2) is 36.7 Å². The summed E-state index contributed by atoms with van der Waals surface area (Å²) in [5.74, 6) is 4.74. The molecule has 0 saturated carbocycles. The Labute approximate surface area is 212 Å². The fourth-order valence-electron chi connectivity index (χ4n) is 5.22. The molecule has 186 valence electrons. The Kier molecular flexibility index (Phi) is 7.29. The van der Waals surface area contributed by atoms with Crippen molar-refractivity contribution in [3.8, 4) is 0 Å². The van der Waals surface area contributed by atoms with Gasteiger partial charge in [0.2, 0.25) is 5.95 Å². The van der Waals surface area contributed by atoms with Crippen LogP contribution in [-0.2, 0) is 4.74 Å². The molecule has 3 aromatic rings. The van der Waals surface area contributed by atoms with Crippen molar-refractivity contribution in [3.63, 3.8) is 0 Å². The lowest BCUT2D eigenvalue weighted by molar-refractivity contribution is 0.0889. The van der Waals surface area contributed by atoms with Crippen molar-refractivity contribution >= 4 is 45.8 Å². The van der Waals surface area contributed by atoms with E-state index in [1.165, 1.54) is 27.8 Å². The van der Waals surface area contributed by atoms with Gasteiger partial charge in [-0.3, -0.25) is 0 Å². The smallest absolute Gasteiger partial charge is 0.227 e. The largest absolute Gasteiger partial charge is 0.380 e. The SMILES string of the molecule is COC1CCCN(c2nccc(Nc3cc4c(C(C)C)ccc(N5CC(CSC)C5)c4cn3)n2)C1. The number of anilines is 4. The highest BCUT2D eigenvalue weighted by Gasteiger charge is 2.28. The summed E-state index contributed by atoms with van der Waals surface area (Å²) >= 11 is 1.94. The van der Waals surface area contributed by atoms with Crippen molar-refractivity contribution in [1.82, 2.24) is 15.0 Å². The molecule has 1 atom stereocenters. The minimum atomic E-state index is 0.234. The molecule has 2 aliphatic rings. The topological polar surface area (TPSA) is 66.4 Å². The van der Waals surface area contributed by atoms with Gasteiger partial charge in [0.15, 0.2) is 0 Å². The number of fused-ring (bicyclic) bond motifs is 1. The lowest BCUT2D eigenvalue weighted by Crippen LogP contribution is -2.48. The molecular weight excluding hydrogens is 456 g/mol. The molecule has 2 fully saturated rings. The standard InChI is InChI=1S/C27H36N6OS/c1-18(2)21-7-8-24(33-14-19(15-33)17-35-4)23-13-29-26(12-22(21)23)30-25-9-10-28-27(31-25)32-11-5-6-20(16-32)34-3/h7-10,12-13,18-20H,5-6,11,14-17H2,1-4H3,(H,28,29,30,31). The van der Waals surface area contributed by atoms with Crippen LogP contribution in [0.3, 0.4) is 0 Å². The zero-order valence-electron chi connectivity index (χ0n) is 21.2. The first-order valence-corrected chi connectivity index (χ1v) is 14.0. The van der Waals surface area contributed by atoms with Crippen molar-refractivity contribution in [3.05, 3.63) is 42.2 Å². The van der Waals surface area contributed by atoms with Gasteiger partial charge in [-0.2, -0.15) is 16.7 Å². The average Bonchev–Trinajstić information content (AvgIpc) is 2.85. The van der Waals surface area contributed by atoms with E-state index in [1.54, 1.807) is 7.11 Å². The van der Waals surface area contributed by atoms with Crippen LogP contribution in [0.25, 0.3) is 10.8 Å². The summed E-state index contributed by atoms with van der Waals surface area (Å²) in [6.07, 6.45) is 8.43. The van der Waals surface area contributed by atoms with Gasteiger partial charge in [0.25, 0.3) is 0 Å². The number of pyridine rings is 1. The van der Waals surface area contributed by atoms with Crippen LogP contribution in [0, 0.1) is 5.92 Å². The number of nitrogens with zero attached hydrogens (tertiary/aromatic N) is 5. The lowest BCUT2D eigenvalue weighted by Gasteiger charge is -2.41. The van der Waals surface area contributed by atoms with Gasteiger partial charge in [-0.15, -0.1) is 0 Å². The number of hydrogen-bond donors (Lipinski definition) is 1. The summed E-state index contributed by atoms with van der Waals surface area (Å²) in [7, 11) is 1.78. The first-order chi connectivity index (χ1) is 17.1. The number of rotatable bonds is 8. The monoisotopic (exact) mass is 492 g/mol. The van der Waals surface area contributed by atoms with E-state index in [0.29, 0.717) is 5.92 Å². The van der Waals surface area contributed by atoms with Gasteiger partial charge in [0.05, 0.1) is 6.10 Å². The molecule has 0 amide bonds. The first-order valence-electron chi connectivity index (χ1n) is 12.6. The maximum Gasteiger partial charge on any atom is 0.227 e. The van der Waals surface area contributed by atoms with Gasteiger partial charge in [0, 0.05) is 62.7 Å². The van der Waals surface area contributed by atoms with Crippen molar-refractivity contribution in [2.75, 3.05) is 60.4 Å². The molecule has 2 saturated heterocycles. The minimum absolute atomic E-state index is 0.234. The molecule has 0 aliphatic carbocycles. The zero-order chi connectivity index (χ0) is 24.4. The summed E-state index contributed by atoms with van der Waals surface area (Å²) in [6.45, 7) is 8.53. The fourth-order valence-corrected chi connectivity index (χ4v) is 5.90. The van der Waals surface area contributed by atoms with E-state index in [-0.39, 0.29) is 6.10 Å². The minimum Gasteiger partial charge on any atom is -0.380 e. The number of thioether (sulfide) groups is 1. The highest BCUT2D eigenvalue weighted by Crippen LogP contribution is 2.37. The number of methoxy groups -OCH3 is 1. The Bertz CT molecular complexity index is 1170. The molecule has 2 aromatic heterocycles. The zero-order valence-corrected chi connectivity index (χ0v) is 22.0. The Morgan fingerprint density at radius 2 is 1.94 bits per heavy atom. The molecule has 0 spiro atoms. The van der Waals surface area contributed by atoms with Crippen molar-refractivity contribution in [2.24, 2.45) is 5.92 Å². The fraction of sp³-hybridized carbons (Fsp3) is 0.519. The van der Waals surface area contributed by atoms with E-state index in [9.17, 15) is 0 Å². The third kappa shape index (κ3) is 5.19. The van der Waals surface area contributed by atoms with E-state index in [4.69, 9.17) is 14.7 Å². The van der Waals surface area contributed by atoms with E-state index in [2.05, 4.69) is 58.4 Å². The van der Waals surface area contributed by atoms with E-state index in [1.807, 2.05) is 30.2 Å². The van der Waals surface area contributed by atoms with Gasteiger partial charge in [-0.05, 0) is 59.9 Å². The van der Waals surface area contributed by atoms with Crippen LogP contribution in [0.5, 0.6) is 0 Å². The predicted octanol–water partition coefficient (Wildman–Crippen LogP) is 5.31. The second kappa shape index (κ2) is 10.6. The number of piperidine rings is 1. The van der Waals surface area contributed by atoms with Gasteiger partial charge in [0.1, 0.15) is 11.6 Å². The molecule has 1 N–H and O–H groups in total. The maximum absolute atomic E-state index is 5.57. The summed E-state index contributed by atoms with van der Waals surface area (Å²) in [4.78, 5) is 18.8. The van der Waals surface area contributed by atoms with Gasteiger partial charge in [-0.25, -0.2) is 9.97 Å². The van der Waals surface area contributed by atoms with Crippen LogP contribution in [0.1, 0.15) is 38.2 Å². The number of hydrogen-bond acceptors (Lipinski definition) is 8. The van der Waals surface area contributed by atoms with Gasteiger partial charge in [-0.1, -0.05) is 19.9 Å². The summed E-state index contributed by atoms with van der Waals surface area (Å²) in [6, 6.07) is 8.65. The Morgan fingerprint density at radius 1 is 1.09 bits per heavy atom. The first kappa shape index (κ1) is 24.1. The van der Waals surface area contributed by atoms with Crippen LogP contribution in [-0.4, -0.2) is 66.4 Å². The van der Waals surface area contributed by atoms with Crippen molar-refractivity contribution in [1.29, 1.82) is 0 Å². The van der Waals surface area contributed by atoms with E-state index >= 15 is 0 Å². The summed E-state index contributed by atoms with van der Waals surface area (Å²) < 4.78 is 5.57. The van der Waals surface area contributed by atoms with Crippen LogP contribution in [0.4, 0.5) is 23.3 Å². The molecule has 0 radical (unpaired) electrons. The number of aromatic nitrogens is 3. The third-order valence-corrected chi connectivity index (χ3v) is 7.93. The second-order valence-electron chi connectivity index (χ2n) is 9.98. The Morgan fingerprint density at radius 3 is 2.71 bits per heavy atom. The molecule has 0 bridgehead atoms. The molecule has 7 nitrogen and oxygen atoms in total. The number of benzene rings is 1. The summed E-state index contributed by atoms with van der Waals surface area (Å²) in [5, 5.41) is 5.92. The molecule has 8 heteroatoms. The maximum atomic E-state index is 5.57. The Hall–Kier alpha value is -2.58. The normalized spacial score (nSPS) is 18.8. The molecule has 4 heterocycles. The van der Waals surface area contributed by atoms with Gasteiger partial charge >= 0.3 is 0 Å². The second-order valence-corrected chi connectivity index (χ2v) is 10.9. The third-order valence-electron chi connectivity index (χ3n) is 7.13. The lowest BCUT2D eigenvalue weighted by atomic mass is 9.93.